The van der Waals surface area contributed by atoms with Crippen LogP contribution in [-0.4, -0.2) is 59.3 Å². The van der Waals surface area contributed by atoms with Crippen molar-refractivity contribution in [1.29, 1.82) is 0 Å². The molecule has 0 aromatic heterocycles. The van der Waals surface area contributed by atoms with Gasteiger partial charge in [0.15, 0.2) is 9.84 Å². The van der Waals surface area contributed by atoms with E-state index in [-0.39, 0.29) is 17.5 Å². The van der Waals surface area contributed by atoms with Gasteiger partial charge in [-0.2, -0.15) is 0 Å². The number of anilines is 1. The largest absolute Gasteiger partial charge is 0.497 e. The maximum absolute atomic E-state index is 11.8. The molecule has 2 aromatic carbocycles. The summed E-state index contributed by atoms with van der Waals surface area (Å²) in [6, 6.07) is 15.4. The SMILES string of the molecule is COc1ccc(C=CC(=O)OCCCCCCCCOc2ccc(N3CCS(=O)(=O)CC3)cc2)cc1. The van der Waals surface area contributed by atoms with E-state index in [1.807, 2.05) is 48.5 Å². The lowest BCUT2D eigenvalue weighted by Gasteiger charge is -2.28. The maximum atomic E-state index is 11.8. The molecule has 2 aromatic rings. The fraction of sp³-hybridized carbons (Fsp3) is 0.464. The van der Waals surface area contributed by atoms with Crippen molar-refractivity contribution in [3.05, 3.63) is 60.2 Å². The van der Waals surface area contributed by atoms with Gasteiger partial charge in [-0.3, -0.25) is 0 Å². The highest BCUT2D eigenvalue weighted by molar-refractivity contribution is 7.91. The predicted molar refractivity (Wildman–Crippen MR) is 143 cm³/mol. The molecule has 0 saturated carbocycles. The highest BCUT2D eigenvalue weighted by Crippen LogP contribution is 2.21. The number of rotatable bonds is 14. The second-order valence-electron chi connectivity index (χ2n) is 8.88. The first-order chi connectivity index (χ1) is 17.4. The number of esters is 1. The Morgan fingerprint density at radius 2 is 1.42 bits per heavy atom. The molecule has 1 aliphatic heterocycles. The summed E-state index contributed by atoms with van der Waals surface area (Å²) in [4.78, 5) is 13.9. The quantitative estimate of drug-likeness (QED) is 0.201. The molecule has 0 bridgehead atoms. The summed E-state index contributed by atoms with van der Waals surface area (Å²) in [6.07, 6.45) is 9.44. The molecule has 8 heteroatoms. The van der Waals surface area contributed by atoms with Gasteiger partial charge < -0.3 is 19.1 Å². The Balaban J connectivity index is 1.17. The Hall–Kier alpha value is -3.00. The molecule has 0 radical (unpaired) electrons. The first-order valence-corrected chi connectivity index (χ1v) is 14.4. The van der Waals surface area contributed by atoms with Gasteiger partial charge in [-0.05, 0) is 60.9 Å². The fourth-order valence-electron chi connectivity index (χ4n) is 3.93. The molecule has 1 saturated heterocycles. The minimum Gasteiger partial charge on any atom is -0.497 e. The molecule has 36 heavy (non-hydrogen) atoms. The molecule has 0 amide bonds. The number of methoxy groups -OCH3 is 1. The first kappa shape index (κ1) is 27.6. The Morgan fingerprint density at radius 3 is 2.06 bits per heavy atom. The monoisotopic (exact) mass is 515 g/mol. The van der Waals surface area contributed by atoms with E-state index in [2.05, 4.69) is 4.90 Å². The van der Waals surface area contributed by atoms with Crippen LogP contribution in [0.2, 0.25) is 0 Å². The van der Waals surface area contributed by atoms with Crippen LogP contribution in [0.1, 0.15) is 44.1 Å². The van der Waals surface area contributed by atoms with Crippen molar-refractivity contribution in [2.75, 3.05) is 49.8 Å². The van der Waals surface area contributed by atoms with Crippen molar-refractivity contribution in [1.82, 2.24) is 0 Å². The van der Waals surface area contributed by atoms with Crippen molar-refractivity contribution in [3.8, 4) is 11.5 Å². The molecule has 0 aliphatic carbocycles. The van der Waals surface area contributed by atoms with Crippen LogP contribution in [-0.2, 0) is 19.4 Å². The van der Waals surface area contributed by atoms with Crippen LogP contribution in [0.15, 0.2) is 54.6 Å². The molecule has 196 valence electrons. The molecule has 1 fully saturated rings. The standard InChI is InChI=1S/C28H37NO6S/c1-33-26-13-8-24(9-14-26)10-17-28(30)35-21-7-5-3-2-4-6-20-34-27-15-11-25(12-16-27)29-18-22-36(31,32)23-19-29/h8-17H,2-7,18-23H2,1H3. The highest BCUT2D eigenvalue weighted by atomic mass is 32.2. The summed E-state index contributed by atoms with van der Waals surface area (Å²) in [5, 5.41) is 0. The van der Waals surface area contributed by atoms with Gasteiger partial charge in [0.25, 0.3) is 0 Å². The van der Waals surface area contributed by atoms with Crippen LogP contribution in [0, 0.1) is 0 Å². The molecule has 0 N–H and O–H groups in total. The third kappa shape index (κ3) is 9.93. The molecule has 0 atom stereocenters. The Labute approximate surface area is 215 Å². The van der Waals surface area contributed by atoms with Crippen LogP contribution in [0.5, 0.6) is 11.5 Å². The zero-order valence-corrected chi connectivity index (χ0v) is 21.9. The molecular formula is C28H37NO6S. The zero-order chi connectivity index (χ0) is 25.6. The second-order valence-corrected chi connectivity index (χ2v) is 11.2. The van der Waals surface area contributed by atoms with E-state index in [1.165, 1.54) is 6.08 Å². The number of unbranched alkanes of at least 4 members (excludes halogenated alkanes) is 5. The average Bonchev–Trinajstić information content (AvgIpc) is 2.89. The van der Waals surface area contributed by atoms with E-state index in [0.29, 0.717) is 26.3 Å². The Kier molecular flexibility index (Phi) is 11.1. The summed E-state index contributed by atoms with van der Waals surface area (Å²) in [6.45, 7) is 2.22. The van der Waals surface area contributed by atoms with Gasteiger partial charge in [0.05, 0.1) is 31.8 Å². The number of benzene rings is 2. The third-order valence-electron chi connectivity index (χ3n) is 6.13. The van der Waals surface area contributed by atoms with Crippen molar-refractivity contribution >= 4 is 27.6 Å². The summed E-state index contributed by atoms with van der Waals surface area (Å²) in [7, 11) is -1.25. The number of hydrogen-bond acceptors (Lipinski definition) is 7. The molecule has 1 aliphatic rings. The lowest BCUT2D eigenvalue weighted by molar-refractivity contribution is -0.137. The van der Waals surface area contributed by atoms with Crippen LogP contribution in [0.25, 0.3) is 6.08 Å². The fourth-order valence-corrected chi connectivity index (χ4v) is 5.13. The maximum Gasteiger partial charge on any atom is 0.330 e. The lowest BCUT2D eigenvalue weighted by Crippen LogP contribution is -2.40. The first-order valence-electron chi connectivity index (χ1n) is 12.6. The van der Waals surface area contributed by atoms with E-state index in [9.17, 15) is 13.2 Å². The number of carbonyl (C=O) groups is 1. The summed E-state index contributed by atoms with van der Waals surface area (Å²) in [5.41, 5.74) is 1.96. The Morgan fingerprint density at radius 1 is 0.833 bits per heavy atom. The predicted octanol–water partition coefficient (Wildman–Crippen LogP) is 4.91. The molecule has 0 spiro atoms. The van der Waals surface area contributed by atoms with Crippen LogP contribution in [0.3, 0.4) is 0 Å². The van der Waals surface area contributed by atoms with Gasteiger partial charge in [0.1, 0.15) is 11.5 Å². The number of sulfone groups is 1. The van der Waals surface area contributed by atoms with E-state index in [4.69, 9.17) is 14.2 Å². The van der Waals surface area contributed by atoms with Crippen molar-refractivity contribution in [2.45, 2.75) is 38.5 Å². The molecular weight excluding hydrogens is 478 g/mol. The van der Waals surface area contributed by atoms with Gasteiger partial charge in [0.2, 0.25) is 0 Å². The van der Waals surface area contributed by atoms with Crippen molar-refractivity contribution in [3.63, 3.8) is 0 Å². The normalized spacial score (nSPS) is 15.1. The summed E-state index contributed by atoms with van der Waals surface area (Å²) < 4.78 is 39.4. The molecule has 7 nitrogen and oxygen atoms in total. The van der Waals surface area contributed by atoms with Gasteiger partial charge in [-0.15, -0.1) is 0 Å². The van der Waals surface area contributed by atoms with E-state index in [1.54, 1.807) is 13.2 Å². The number of nitrogens with zero attached hydrogens (tertiary/aromatic N) is 1. The topological polar surface area (TPSA) is 82.1 Å². The second kappa shape index (κ2) is 14.5. The van der Waals surface area contributed by atoms with Gasteiger partial charge in [0, 0.05) is 24.9 Å². The highest BCUT2D eigenvalue weighted by Gasteiger charge is 2.21. The number of hydrogen-bond donors (Lipinski definition) is 0. The van der Waals surface area contributed by atoms with Gasteiger partial charge >= 0.3 is 5.97 Å². The van der Waals surface area contributed by atoms with E-state index in [0.717, 1.165) is 61.3 Å². The summed E-state index contributed by atoms with van der Waals surface area (Å²) in [5.74, 6) is 1.74. The smallest absolute Gasteiger partial charge is 0.330 e. The number of ether oxygens (including phenoxy) is 3. The summed E-state index contributed by atoms with van der Waals surface area (Å²) >= 11 is 0. The van der Waals surface area contributed by atoms with E-state index < -0.39 is 9.84 Å². The van der Waals surface area contributed by atoms with Gasteiger partial charge in [-0.25, -0.2) is 13.2 Å². The molecule has 1 heterocycles. The van der Waals surface area contributed by atoms with Crippen molar-refractivity contribution < 1.29 is 27.4 Å². The van der Waals surface area contributed by atoms with E-state index >= 15 is 0 Å². The van der Waals surface area contributed by atoms with Crippen LogP contribution < -0.4 is 14.4 Å². The lowest BCUT2D eigenvalue weighted by atomic mass is 10.1. The minimum absolute atomic E-state index is 0.221. The van der Waals surface area contributed by atoms with Crippen LogP contribution in [0.4, 0.5) is 5.69 Å². The molecule has 3 rings (SSSR count). The number of carbonyl (C=O) groups excluding carboxylic acids is 1. The Bertz CT molecular complexity index is 1050. The van der Waals surface area contributed by atoms with Gasteiger partial charge in [-0.1, -0.05) is 37.8 Å². The van der Waals surface area contributed by atoms with Crippen LogP contribution >= 0.6 is 0 Å². The minimum atomic E-state index is -2.87. The molecule has 0 unspecified atom stereocenters. The third-order valence-corrected chi connectivity index (χ3v) is 7.73. The van der Waals surface area contributed by atoms with Crippen molar-refractivity contribution in [2.24, 2.45) is 0 Å². The zero-order valence-electron chi connectivity index (χ0n) is 21.1. The average molecular weight is 516 g/mol.